The van der Waals surface area contributed by atoms with Crippen molar-refractivity contribution in [3.8, 4) is 0 Å². The van der Waals surface area contributed by atoms with Crippen LogP contribution in [0.5, 0.6) is 0 Å². The summed E-state index contributed by atoms with van der Waals surface area (Å²) in [5.74, 6) is 1.000. The summed E-state index contributed by atoms with van der Waals surface area (Å²) < 4.78 is 1.71. The molecular formula is C12H16N6O2. The van der Waals surface area contributed by atoms with Crippen molar-refractivity contribution < 1.29 is 4.92 Å². The lowest BCUT2D eigenvalue weighted by Crippen LogP contribution is -2.18. The first-order chi connectivity index (χ1) is 9.49. The molecule has 0 aromatic carbocycles. The molecule has 1 N–H and O–H groups in total. The van der Waals surface area contributed by atoms with Crippen LogP contribution in [0.1, 0.15) is 5.56 Å². The van der Waals surface area contributed by atoms with Crippen LogP contribution in [0.3, 0.4) is 0 Å². The Morgan fingerprint density at radius 1 is 1.50 bits per heavy atom. The third-order valence-corrected chi connectivity index (χ3v) is 2.83. The van der Waals surface area contributed by atoms with E-state index in [0.717, 1.165) is 5.56 Å². The number of pyridine rings is 1. The minimum Gasteiger partial charge on any atom is -0.373 e. The van der Waals surface area contributed by atoms with Gasteiger partial charge < -0.3 is 10.2 Å². The molecule has 2 heterocycles. The van der Waals surface area contributed by atoms with Gasteiger partial charge in [-0.3, -0.25) is 14.8 Å². The van der Waals surface area contributed by atoms with Crippen molar-refractivity contribution in [3.05, 3.63) is 40.2 Å². The van der Waals surface area contributed by atoms with E-state index in [1.54, 1.807) is 17.9 Å². The van der Waals surface area contributed by atoms with Gasteiger partial charge in [0.15, 0.2) is 0 Å². The van der Waals surface area contributed by atoms with Gasteiger partial charge in [-0.05, 0) is 0 Å². The third kappa shape index (κ3) is 3.02. The van der Waals surface area contributed by atoms with Crippen LogP contribution in [0.4, 0.5) is 17.3 Å². The van der Waals surface area contributed by atoms with Gasteiger partial charge in [-0.1, -0.05) is 0 Å². The monoisotopic (exact) mass is 276 g/mol. The molecule has 0 saturated heterocycles. The summed E-state index contributed by atoms with van der Waals surface area (Å²) in [6.07, 6.45) is 3.65. The van der Waals surface area contributed by atoms with Gasteiger partial charge in [0.2, 0.25) is 0 Å². The Hall–Kier alpha value is -2.64. The predicted molar refractivity (Wildman–Crippen MR) is 75.8 cm³/mol. The summed E-state index contributed by atoms with van der Waals surface area (Å²) >= 11 is 0. The smallest absolute Gasteiger partial charge is 0.276 e. The maximum Gasteiger partial charge on any atom is 0.276 e. The molecular weight excluding hydrogens is 260 g/mol. The number of rotatable bonds is 5. The SMILES string of the molecule is CNc1cc([N+](=O)[O-])cc(N(C)Cc2cnn(C)c2)n1. The van der Waals surface area contributed by atoms with E-state index in [4.69, 9.17) is 0 Å². The molecule has 0 bridgehead atoms. The van der Waals surface area contributed by atoms with Gasteiger partial charge in [0.05, 0.1) is 23.3 Å². The van der Waals surface area contributed by atoms with Gasteiger partial charge in [-0.2, -0.15) is 5.10 Å². The number of nitro groups is 1. The molecule has 0 aliphatic rings. The van der Waals surface area contributed by atoms with Crippen LogP contribution in [-0.4, -0.2) is 33.8 Å². The van der Waals surface area contributed by atoms with E-state index in [1.165, 1.54) is 12.1 Å². The molecule has 0 fully saturated rings. The summed E-state index contributed by atoms with van der Waals surface area (Å²) in [5.41, 5.74) is 1.02. The Bertz CT molecular complexity index is 624. The van der Waals surface area contributed by atoms with Crippen LogP contribution < -0.4 is 10.2 Å². The van der Waals surface area contributed by atoms with Crippen molar-refractivity contribution in [3.63, 3.8) is 0 Å². The fraction of sp³-hybridized carbons (Fsp3) is 0.333. The molecule has 0 saturated carbocycles. The molecule has 2 rings (SSSR count). The number of hydrogen-bond acceptors (Lipinski definition) is 6. The van der Waals surface area contributed by atoms with Gasteiger partial charge in [0.1, 0.15) is 11.6 Å². The maximum absolute atomic E-state index is 10.9. The molecule has 2 aromatic heterocycles. The molecule has 0 atom stereocenters. The highest BCUT2D eigenvalue weighted by Crippen LogP contribution is 2.23. The maximum atomic E-state index is 10.9. The first-order valence-corrected chi connectivity index (χ1v) is 6.02. The Morgan fingerprint density at radius 2 is 2.25 bits per heavy atom. The zero-order valence-corrected chi connectivity index (χ0v) is 11.6. The van der Waals surface area contributed by atoms with Crippen molar-refractivity contribution in [1.29, 1.82) is 0 Å². The largest absolute Gasteiger partial charge is 0.373 e. The summed E-state index contributed by atoms with van der Waals surface area (Å²) in [6.45, 7) is 0.575. The topological polar surface area (TPSA) is 89.1 Å². The number of nitrogens with one attached hydrogen (secondary N) is 1. The second-order valence-corrected chi connectivity index (χ2v) is 4.45. The molecule has 0 aliphatic heterocycles. The molecule has 20 heavy (non-hydrogen) atoms. The first kappa shape index (κ1) is 13.8. The molecule has 106 valence electrons. The van der Waals surface area contributed by atoms with Crippen molar-refractivity contribution in [1.82, 2.24) is 14.8 Å². The van der Waals surface area contributed by atoms with E-state index in [0.29, 0.717) is 18.2 Å². The van der Waals surface area contributed by atoms with Crippen LogP contribution in [0, 0.1) is 10.1 Å². The van der Waals surface area contributed by atoms with Gasteiger partial charge >= 0.3 is 0 Å². The molecule has 2 aromatic rings. The fourth-order valence-electron chi connectivity index (χ4n) is 1.84. The summed E-state index contributed by atoms with van der Waals surface area (Å²) in [5, 5.41) is 17.8. The van der Waals surface area contributed by atoms with E-state index in [1.807, 2.05) is 25.2 Å². The lowest BCUT2D eigenvalue weighted by atomic mass is 10.3. The van der Waals surface area contributed by atoms with Crippen LogP contribution >= 0.6 is 0 Å². The fourth-order valence-corrected chi connectivity index (χ4v) is 1.84. The standard InChI is InChI=1S/C12H16N6O2/c1-13-11-4-10(18(19)20)5-12(15-11)16(2)7-9-6-14-17(3)8-9/h4-6,8H,7H2,1-3H3,(H,13,15). The Kier molecular flexibility index (Phi) is 3.83. The average Bonchev–Trinajstić information content (AvgIpc) is 2.83. The third-order valence-electron chi connectivity index (χ3n) is 2.83. The Morgan fingerprint density at radius 3 is 2.80 bits per heavy atom. The highest BCUT2D eigenvalue weighted by molar-refractivity contribution is 5.55. The summed E-state index contributed by atoms with van der Waals surface area (Å²) in [7, 11) is 5.35. The first-order valence-electron chi connectivity index (χ1n) is 6.02. The number of nitrogens with zero attached hydrogens (tertiary/aromatic N) is 5. The lowest BCUT2D eigenvalue weighted by Gasteiger charge is -2.17. The van der Waals surface area contributed by atoms with Crippen LogP contribution in [-0.2, 0) is 13.6 Å². The van der Waals surface area contributed by atoms with Gasteiger partial charge in [0, 0.05) is 39.4 Å². The molecule has 0 amide bonds. The zero-order valence-electron chi connectivity index (χ0n) is 11.6. The van der Waals surface area contributed by atoms with Crippen molar-refractivity contribution in [2.45, 2.75) is 6.54 Å². The van der Waals surface area contributed by atoms with Crippen molar-refractivity contribution >= 4 is 17.3 Å². The van der Waals surface area contributed by atoms with E-state index >= 15 is 0 Å². The summed E-state index contributed by atoms with van der Waals surface area (Å²) in [4.78, 5) is 16.7. The van der Waals surface area contributed by atoms with E-state index in [9.17, 15) is 10.1 Å². The van der Waals surface area contributed by atoms with Crippen molar-refractivity contribution in [2.24, 2.45) is 7.05 Å². The minimum absolute atomic E-state index is 0.0115. The van der Waals surface area contributed by atoms with Gasteiger partial charge in [0.25, 0.3) is 5.69 Å². The van der Waals surface area contributed by atoms with Gasteiger partial charge in [-0.15, -0.1) is 0 Å². The molecule has 0 unspecified atom stereocenters. The minimum atomic E-state index is -0.427. The molecule has 0 spiro atoms. The second-order valence-electron chi connectivity index (χ2n) is 4.45. The molecule has 0 aliphatic carbocycles. The normalized spacial score (nSPS) is 10.3. The summed E-state index contributed by atoms with van der Waals surface area (Å²) in [6, 6.07) is 2.86. The van der Waals surface area contributed by atoms with Gasteiger partial charge in [-0.25, -0.2) is 4.98 Å². The lowest BCUT2D eigenvalue weighted by molar-refractivity contribution is -0.384. The highest BCUT2D eigenvalue weighted by atomic mass is 16.6. The number of anilines is 2. The zero-order chi connectivity index (χ0) is 14.7. The van der Waals surface area contributed by atoms with Crippen LogP contribution in [0.15, 0.2) is 24.5 Å². The van der Waals surface area contributed by atoms with E-state index in [2.05, 4.69) is 15.4 Å². The number of aromatic nitrogens is 3. The molecule has 8 heteroatoms. The highest BCUT2D eigenvalue weighted by Gasteiger charge is 2.14. The number of hydrogen-bond donors (Lipinski definition) is 1. The Labute approximate surface area is 116 Å². The van der Waals surface area contributed by atoms with E-state index in [-0.39, 0.29) is 5.69 Å². The van der Waals surface area contributed by atoms with Crippen molar-refractivity contribution in [2.75, 3.05) is 24.3 Å². The predicted octanol–water partition coefficient (Wildman–Crippen LogP) is 1.40. The second kappa shape index (κ2) is 5.55. The molecule has 8 nitrogen and oxygen atoms in total. The Balaban J connectivity index is 2.26. The van der Waals surface area contributed by atoms with E-state index < -0.39 is 4.92 Å². The quantitative estimate of drug-likeness (QED) is 0.656. The van der Waals surface area contributed by atoms with Crippen LogP contribution in [0.25, 0.3) is 0 Å². The average molecular weight is 276 g/mol. The number of aryl methyl sites for hydroxylation is 1. The molecule has 0 radical (unpaired) electrons. The van der Waals surface area contributed by atoms with Crippen LogP contribution in [0.2, 0.25) is 0 Å².